The molecule has 3 heteroatoms. The first-order chi connectivity index (χ1) is 8.07. The van der Waals surface area contributed by atoms with Crippen LogP contribution in [-0.2, 0) is 0 Å². The van der Waals surface area contributed by atoms with Crippen LogP contribution in [0.2, 0.25) is 0 Å². The van der Waals surface area contributed by atoms with Crippen molar-refractivity contribution in [1.82, 2.24) is 0 Å². The lowest BCUT2D eigenvalue weighted by Crippen LogP contribution is -2.37. The molecule has 17 heavy (non-hydrogen) atoms. The van der Waals surface area contributed by atoms with Gasteiger partial charge >= 0.3 is 0 Å². The van der Waals surface area contributed by atoms with E-state index in [2.05, 4.69) is 13.8 Å². The second-order valence-corrected chi connectivity index (χ2v) is 4.68. The molecule has 0 radical (unpaired) electrons. The highest BCUT2D eigenvalue weighted by atomic mass is 16.5. The lowest BCUT2D eigenvalue weighted by molar-refractivity contribution is 0.257. The highest BCUT2D eigenvalue weighted by Gasteiger charge is 2.16. The molecule has 0 spiro atoms. The summed E-state index contributed by atoms with van der Waals surface area (Å²) in [6.45, 7) is 4.88. The molecule has 1 atom stereocenters. The zero-order valence-corrected chi connectivity index (χ0v) is 11.0. The molecule has 0 aromatic heterocycles. The van der Waals surface area contributed by atoms with Crippen molar-refractivity contribution in [2.45, 2.75) is 38.6 Å². The van der Waals surface area contributed by atoms with E-state index in [1.54, 1.807) is 7.11 Å². The summed E-state index contributed by atoms with van der Waals surface area (Å²) in [5.74, 6) is 1.70. The van der Waals surface area contributed by atoms with E-state index in [9.17, 15) is 0 Å². The molecule has 0 aliphatic rings. The highest BCUT2D eigenvalue weighted by Crippen LogP contribution is 2.18. The number of nitrogens with two attached hydrogens (primary N) is 1. The Balaban J connectivity index is 2.35. The minimum Gasteiger partial charge on any atom is -0.497 e. The fourth-order valence-corrected chi connectivity index (χ4v) is 1.77. The molecule has 0 fully saturated rings. The van der Waals surface area contributed by atoms with Crippen molar-refractivity contribution < 1.29 is 9.47 Å². The number of rotatable bonds is 7. The molecule has 0 heterocycles. The van der Waals surface area contributed by atoms with E-state index in [4.69, 9.17) is 15.2 Å². The predicted octanol–water partition coefficient (Wildman–Crippen LogP) is 2.98. The third-order valence-corrected chi connectivity index (χ3v) is 2.82. The lowest BCUT2D eigenvalue weighted by Gasteiger charge is -2.23. The Hall–Kier alpha value is -1.22. The minimum atomic E-state index is -0.124. The Kier molecular flexibility index (Phi) is 5.29. The van der Waals surface area contributed by atoms with Crippen molar-refractivity contribution in [3.05, 3.63) is 24.3 Å². The average molecular weight is 237 g/mol. The second-order valence-electron chi connectivity index (χ2n) is 4.68. The second kappa shape index (κ2) is 6.50. The van der Waals surface area contributed by atoms with Gasteiger partial charge in [0.2, 0.25) is 0 Å². The molecular formula is C14H23NO2. The average Bonchev–Trinajstić information content (AvgIpc) is 2.29. The summed E-state index contributed by atoms with van der Waals surface area (Å²) in [6.07, 6.45) is 3.00. The van der Waals surface area contributed by atoms with Crippen LogP contribution in [0.4, 0.5) is 0 Å². The monoisotopic (exact) mass is 237 g/mol. The Morgan fingerprint density at radius 2 is 1.71 bits per heavy atom. The van der Waals surface area contributed by atoms with Crippen LogP contribution in [0.5, 0.6) is 11.5 Å². The van der Waals surface area contributed by atoms with Gasteiger partial charge in [-0.25, -0.2) is 0 Å². The van der Waals surface area contributed by atoms with E-state index >= 15 is 0 Å². The molecule has 3 nitrogen and oxygen atoms in total. The third-order valence-electron chi connectivity index (χ3n) is 2.82. The molecule has 96 valence electrons. The summed E-state index contributed by atoms with van der Waals surface area (Å²) >= 11 is 0. The summed E-state index contributed by atoms with van der Waals surface area (Å²) < 4.78 is 10.7. The van der Waals surface area contributed by atoms with Crippen LogP contribution in [-0.4, -0.2) is 19.3 Å². The molecule has 1 unspecified atom stereocenters. The van der Waals surface area contributed by atoms with Gasteiger partial charge in [-0.05, 0) is 44.0 Å². The SMILES string of the molecule is CCCC(C)(N)CCOc1ccc(OC)cc1. The summed E-state index contributed by atoms with van der Waals surface area (Å²) in [4.78, 5) is 0. The van der Waals surface area contributed by atoms with Crippen molar-refractivity contribution in [2.75, 3.05) is 13.7 Å². The van der Waals surface area contributed by atoms with Gasteiger partial charge in [-0.15, -0.1) is 0 Å². The minimum absolute atomic E-state index is 0.124. The molecule has 1 aromatic carbocycles. The van der Waals surface area contributed by atoms with Crippen LogP contribution in [0, 0.1) is 0 Å². The Labute approximate surface area is 104 Å². The Morgan fingerprint density at radius 3 is 2.24 bits per heavy atom. The first kappa shape index (κ1) is 13.8. The fourth-order valence-electron chi connectivity index (χ4n) is 1.77. The molecule has 0 bridgehead atoms. The van der Waals surface area contributed by atoms with E-state index < -0.39 is 0 Å². The molecule has 0 amide bonds. The molecular weight excluding hydrogens is 214 g/mol. The molecule has 0 saturated heterocycles. The summed E-state index contributed by atoms with van der Waals surface area (Å²) in [5, 5.41) is 0. The maximum atomic E-state index is 6.14. The van der Waals surface area contributed by atoms with E-state index in [1.807, 2.05) is 24.3 Å². The van der Waals surface area contributed by atoms with Crippen LogP contribution in [0.25, 0.3) is 0 Å². The summed E-state index contributed by atoms with van der Waals surface area (Å²) in [6, 6.07) is 7.60. The normalized spacial score (nSPS) is 14.1. The van der Waals surface area contributed by atoms with Gasteiger partial charge in [-0.1, -0.05) is 13.3 Å². The number of ether oxygens (including phenoxy) is 2. The highest BCUT2D eigenvalue weighted by molar-refractivity contribution is 5.31. The zero-order valence-electron chi connectivity index (χ0n) is 11.0. The maximum absolute atomic E-state index is 6.14. The van der Waals surface area contributed by atoms with Crippen molar-refractivity contribution in [3.63, 3.8) is 0 Å². The van der Waals surface area contributed by atoms with Crippen LogP contribution in [0.1, 0.15) is 33.1 Å². The first-order valence-corrected chi connectivity index (χ1v) is 6.13. The summed E-state index contributed by atoms with van der Waals surface area (Å²) in [5.41, 5.74) is 6.01. The van der Waals surface area contributed by atoms with Gasteiger partial charge in [0.05, 0.1) is 13.7 Å². The van der Waals surface area contributed by atoms with Gasteiger partial charge in [0.25, 0.3) is 0 Å². The van der Waals surface area contributed by atoms with E-state index in [0.717, 1.165) is 30.8 Å². The number of hydrogen-bond acceptors (Lipinski definition) is 3. The van der Waals surface area contributed by atoms with Crippen molar-refractivity contribution in [1.29, 1.82) is 0 Å². The Morgan fingerprint density at radius 1 is 1.12 bits per heavy atom. The van der Waals surface area contributed by atoms with Gasteiger partial charge in [0.1, 0.15) is 11.5 Å². The standard InChI is InChI=1S/C14H23NO2/c1-4-9-14(2,15)10-11-17-13-7-5-12(16-3)6-8-13/h5-8H,4,9-11,15H2,1-3H3. The topological polar surface area (TPSA) is 44.5 Å². The van der Waals surface area contributed by atoms with Crippen LogP contribution in [0.3, 0.4) is 0 Å². The van der Waals surface area contributed by atoms with E-state index in [-0.39, 0.29) is 5.54 Å². The molecule has 0 aliphatic carbocycles. The van der Waals surface area contributed by atoms with Gasteiger partial charge in [0.15, 0.2) is 0 Å². The largest absolute Gasteiger partial charge is 0.497 e. The van der Waals surface area contributed by atoms with Gasteiger partial charge in [-0.3, -0.25) is 0 Å². The van der Waals surface area contributed by atoms with Gasteiger partial charge in [0, 0.05) is 5.54 Å². The summed E-state index contributed by atoms with van der Waals surface area (Å²) in [7, 11) is 1.65. The number of methoxy groups -OCH3 is 1. The molecule has 0 aliphatic heterocycles. The third kappa shape index (κ3) is 5.09. The Bertz CT molecular complexity index is 319. The predicted molar refractivity (Wildman–Crippen MR) is 70.6 cm³/mol. The maximum Gasteiger partial charge on any atom is 0.119 e. The zero-order chi connectivity index (χ0) is 12.7. The quantitative estimate of drug-likeness (QED) is 0.793. The van der Waals surface area contributed by atoms with Gasteiger partial charge in [-0.2, -0.15) is 0 Å². The molecule has 2 N–H and O–H groups in total. The van der Waals surface area contributed by atoms with Crippen LogP contribution in [0.15, 0.2) is 24.3 Å². The molecule has 1 aromatic rings. The van der Waals surface area contributed by atoms with Crippen LogP contribution < -0.4 is 15.2 Å². The number of hydrogen-bond donors (Lipinski definition) is 1. The van der Waals surface area contributed by atoms with Crippen LogP contribution >= 0.6 is 0 Å². The van der Waals surface area contributed by atoms with Crippen molar-refractivity contribution in [3.8, 4) is 11.5 Å². The van der Waals surface area contributed by atoms with E-state index in [0.29, 0.717) is 6.61 Å². The first-order valence-electron chi connectivity index (χ1n) is 6.13. The van der Waals surface area contributed by atoms with Crippen molar-refractivity contribution in [2.24, 2.45) is 5.73 Å². The van der Waals surface area contributed by atoms with E-state index in [1.165, 1.54) is 0 Å². The fraction of sp³-hybridized carbons (Fsp3) is 0.571. The smallest absolute Gasteiger partial charge is 0.119 e. The molecule has 0 saturated carbocycles. The molecule has 1 rings (SSSR count). The van der Waals surface area contributed by atoms with Crippen molar-refractivity contribution >= 4 is 0 Å². The number of benzene rings is 1. The lowest BCUT2D eigenvalue weighted by atomic mass is 9.94. The van der Waals surface area contributed by atoms with Gasteiger partial charge < -0.3 is 15.2 Å².